The minimum atomic E-state index is -2.81. The van der Waals surface area contributed by atoms with Gasteiger partial charge in [-0.05, 0) is 23.8 Å². The molecule has 2 saturated heterocycles. The van der Waals surface area contributed by atoms with Crippen LogP contribution in [0, 0.1) is 17.8 Å². The first kappa shape index (κ1) is 19.5. The standard InChI is InChI=1S/C19H24F2N2O2.ClH/c20-18(21)7-6-16(8-18)19(25,15-4-2-1-3-5-15)17(24)23-11-13-9-22-10-14(13)12-23;/h1-5,13-14,16,22,25H,6-12H2;1H/t13?,14?,16-,19+;/m1./s1. The number of hydrogen-bond donors (Lipinski definition) is 2. The Balaban J connectivity index is 0.00000196. The number of carbonyl (C=O) groups is 1. The largest absolute Gasteiger partial charge is 0.375 e. The van der Waals surface area contributed by atoms with Gasteiger partial charge in [-0.2, -0.15) is 0 Å². The predicted octanol–water partition coefficient (Wildman–Crippen LogP) is 2.41. The van der Waals surface area contributed by atoms with Gasteiger partial charge in [-0.25, -0.2) is 8.78 Å². The summed E-state index contributed by atoms with van der Waals surface area (Å²) in [6, 6.07) is 8.62. The number of aliphatic hydroxyl groups is 1. The van der Waals surface area contributed by atoms with Crippen LogP contribution in [0.1, 0.15) is 24.8 Å². The lowest BCUT2D eigenvalue weighted by molar-refractivity contribution is -0.159. The molecule has 26 heavy (non-hydrogen) atoms. The molecular weight excluding hydrogens is 362 g/mol. The molecule has 1 saturated carbocycles. The number of nitrogens with one attached hydrogen (secondary N) is 1. The topological polar surface area (TPSA) is 52.6 Å². The van der Waals surface area contributed by atoms with Crippen molar-refractivity contribution in [2.45, 2.75) is 30.8 Å². The van der Waals surface area contributed by atoms with Crippen molar-refractivity contribution >= 4 is 18.3 Å². The highest BCUT2D eigenvalue weighted by molar-refractivity contribution is 5.87. The number of halogens is 3. The minimum absolute atomic E-state index is 0. The molecule has 4 nitrogen and oxygen atoms in total. The van der Waals surface area contributed by atoms with E-state index in [0.717, 1.165) is 13.1 Å². The molecule has 4 atom stereocenters. The van der Waals surface area contributed by atoms with E-state index in [0.29, 0.717) is 30.5 Å². The first-order chi connectivity index (χ1) is 11.9. The molecule has 2 N–H and O–H groups in total. The van der Waals surface area contributed by atoms with Crippen LogP contribution in [-0.2, 0) is 10.4 Å². The van der Waals surface area contributed by atoms with Crippen molar-refractivity contribution in [3.63, 3.8) is 0 Å². The van der Waals surface area contributed by atoms with E-state index in [2.05, 4.69) is 5.32 Å². The Hall–Kier alpha value is -1.24. The smallest absolute Gasteiger partial charge is 0.259 e. The second-order valence-corrected chi connectivity index (χ2v) is 7.82. The molecule has 2 heterocycles. The summed E-state index contributed by atoms with van der Waals surface area (Å²) in [5.74, 6) is -3.17. The van der Waals surface area contributed by atoms with E-state index >= 15 is 0 Å². The molecule has 3 fully saturated rings. The van der Waals surface area contributed by atoms with Crippen LogP contribution in [0.4, 0.5) is 8.78 Å². The molecule has 0 radical (unpaired) electrons. The molecule has 1 aliphatic carbocycles. The fourth-order valence-electron chi connectivity index (χ4n) is 4.79. The number of rotatable bonds is 3. The number of amides is 1. The number of nitrogens with zero attached hydrogens (tertiary/aromatic N) is 1. The Morgan fingerprint density at radius 2 is 1.81 bits per heavy atom. The summed E-state index contributed by atoms with van der Waals surface area (Å²) >= 11 is 0. The molecule has 3 aliphatic rings. The maximum absolute atomic E-state index is 13.8. The lowest BCUT2D eigenvalue weighted by Crippen LogP contribution is -2.51. The van der Waals surface area contributed by atoms with Gasteiger partial charge < -0.3 is 15.3 Å². The van der Waals surface area contributed by atoms with Crippen LogP contribution in [0.25, 0.3) is 0 Å². The number of fused-ring (bicyclic) bond motifs is 1. The number of alkyl halides is 2. The van der Waals surface area contributed by atoms with Crippen molar-refractivity contribution in [2.75, 3.05) is 26.2 Å². The summed E-state index contributed by atoms with van der Waals surface area (Å²) < 4.78 is 27.6. The summed E-state index contributed by atoms with van der Waals surface area (Å²) in [6.07, 6.45) is -0.548. The fraction of sp³-hybridized carbons (Fsp3) is 0.632. The molecule has 2 aliphatic heterocycles. The average molecular weight is 387 g/mol. The molecule has 1 amide bonds. The zero-order valence-electron chi connectivity index (χ0n) is 14.5. The average Bonchev–Trinajstić information content (AvgIpc) is 3.28. The predicted molar refractivity (Wildman–Crippen MR) is 96.3 cm³/mol. The highest BCUT2D eigenvalue weighted by Gasteiger charge is 2.55. The molecular formula is C19H25ClF2N2O2. The first-order valence-corrected chi connectivity index (χ1v) is 9.06. The van der Waals surface area contributed by atoms with E-state index in [1.165, 1.54) is 0 Å². The van der Waals surface area contributed by atoms with Crippen LogP contribution < -0.4 is 5.32 Å². The Bertz CT molecular complexity index is 648. The summed E-state index contributed by atoms with van der Waals surface area (Å²) in [5.41, 5.74) is -1.44. The van der Waals surface area contributed by atoms with Crippen LogP contribution in [0.15, 0.2) is 30.3 Å². The van der Waals surface area contributed by atoms with E-state index in [1.54, 1.807) is 35.2 Å². The molecule has 0 spiro atoms. The summed E-state index contributed by atoms with van der Waals surface area (Å²) in [4.78, 5) is 15.0. The van der Waals surface area contributed by atoms with E-state index in [9.17, 15) is 18.7 Å². The van der Waals surface area contributed by atoms with E-state index in [1.807, 2.05) is 0 Å². The van der Waals surface area contributed by atoms with Gasteiger partial charge in [-0.3, -0.25) is 4.79 Å². The van der Waals surface area contributed by atoms with Crippen molar-refractivity contribution in [1.29, 1.82) is 0 Å². The van der Waals surface area contributed by atoms with Gasteiger partial charge in [0, 0.05) is 44.9 Å². The van der Waals surface area contributed by atoms with Gasteiger partial charge in [0.05, 0.1) is 0 Å². The van der Waals surface area contributed by atoms with Gasteiger partial charge in [0.2, 0.25) is 5.92 Å². The Labute approximate surface area is 158 Å². The van der Waals surface area contributed by atoms with Crippen molar-refractivity contribution in [1.82, 2.24) is 10.2 Å². The molecule has 4 rings (SSSR count). The van der Waals surface area contributed by atoms with Gasteiger partial charge in [-0.15, -0.1) is 12.4 Å². The third-order valence-electron chi connectivity index (χ3n) is 6.21. The van der Waals surface area contributed by atoms with E-state index in [-0.39, 0.29) is 25.2 Å². The number of carbonyl (C=O) groups excluding carboxylic acids is 1. The zero-order chi connectivity index (χ0) is 17.7. The van der Waals surface area contributed by atoms with Crippen molar-refractivity contribution in [2.24, 2.45) is 17.8 Å². The van der Waals surface area contributed by atoms with Crippen molar-refractivity contribution < 1.29 is 18.7 Å². The number of benzene rings is 1. The number of hydrogen-bond acceptors (Lipinski definition) is 3. The van der Waals surface area contributed by atoms with Crippen LogP contribution in [0.5, 0.6) is 0 Å². The van der Waals surface area contributed by atoms with Gasteiger partial charge in [0.1, 0.15) is 0 Å². The minimum Gasteiger partial charge on any atom is -0.375 e. The Morgan fingerprint density at radius 1 is 1.19 bits per heavy atom. The molecule has 0 aromatic heterocycles. The van der Waals surface area contributed by atoms with Crippen molar-refractivity contribution in [3.05, 3.63) is 35.9 Å². The summed E-state index contributed by atoms with van der Waals surface area (Å²) in [6.45, 7) is 2.93. The van der Waals surface area contributed by atoms with Crippen LogP contribution in [0.3, 0.4) is 0 Å². The third-order valence-corrected chi connectivity index (χ3v) is 6.21. The highest BCUT2D eigenvalue weighted by Crippen LogP contribution is 2.48. The Morgan fingerprint density at radius 3 is 2.35 bits per heavy atom. The quantitative estimate of drug-likeness (QED) is 0.838. The molecule has 1 aromatic carbocycles. The van der Waals surface area contributed by atoms with Crippen LogP contribution >= 0.6 is 12.4 Å². The monoisotopic (exact) mass is 386 g/mol. The molecule has 144 valence electrons. The zero-order valence-corrected chi connectivity index (χ0v) is 15.4. The summed E-state index contributed by atoms with van der Waals surface area (Å²) in [7, 11) is 0. The second-order valence-electron chi connectivity index (χ2n) is 7.82. The van der Waals surface area contributed by atoms with Gasteiger partial charge in [0.15, 0.2) is 5.60 Å². The maximum atomic E-state index is 13.8. The third kappa shape index (κ3) is 3.23. The van der Waals surface area contributed by atoms with Crippen LogP contribution in [-0.4, -0.2) is 48.0 Å². The fourth-order valence-corrected chi connectivity index (χ4v) is 4.79. The molecule has 7 heteroatoms. The lowest BCUT2D eigenvalue weighted by Gasteiger charge is -2.36. The van der Waals surface area contributed by atoms with Gasteiger partial charge in [-0.1, -0.05) is 30.3 Å². The highest BCUT2D eigenvalue weighted by atomic mass is 35.5. The second kappa shape index (κ2) is 7.06. The number of likely N-dealkylation sites (tertiary alicyclic amines) is 1. The summed E-state index contributed by atoms with van der Waals surface area (Å²) in [5, 5.41) is 14.8. The van der Waals surface area contributed by atoms with E-state index in [4.69, 9.17) is 0 Å². The molecule has 0 bridgehead atoms. The maximum Gasteiger partial charge on any atom is 0.259 e. The first-order valence-electron chi connectivity index (χ1n) is 9.06. The van der Waals surface area contributed by atoms with Crippen LogP contribution in [0.2, 0.25) is 0 Å². The van der Waals surface area contributed by atoms with Gasteiger partial charge >= 0.3 is 0 Å². The SMILES string of the molecule is Cl.O=C(N1CC2CNCC2C1)[C@](O)(c1ccccc1)[C@@H]1CCC(F)(F)C1. The van der Waals surface area contributed by atoms with Crippen molar-refractivity contribution in [3.8, 4) is 0 Å². The molecule has 2 unspecified atom stereocenters. The van der Waals surface area contributed by atoms with Gasteiger partial charge in [0.25, 0.3) is 5.91 Å². The molecule has 1 aromatic rings. The normalized spacial score (nSPS) is 32.0. The lowest BCUT2D eigenvalue weighted by atomic mass is 9.79. The van der Waals surface area contributed by atoms with E-state index < -0.39 is 29.8 Å². The Kier molecular flexibility index (Phi) is 5.30.